The Bertz CT molecular complexity index is 1510. The molecule has 1 aliphatic heterocycles. The van der Waals surface area contributed by atoms with Gasteiger partial charge in [0.25, 0.3) is 0 Å². The minimum atomic E-state index is -4.64. The first-order valence-electron chi connectivity index (χ1n) is 10.4. The van der Waals surface area contributed by atoms with E-state index in [0.717, 1.165) is 17.4 Å². The van der Waals surface area contributed by atoms with Crippen molar-refractivity contribution in [2.45, 2.75) is 31.0 Å². The number of nitrogens with zero attached hydrogens (tertiary/aromatic N) is 3. The number of alkyl halides is 3. The maximum atomic E-state index is 13.8. The standard InChI is InChI=1S/C23H16ClF3N4O3S/c24-14-3-1-12(16(9-14)23(25,26)27)8-15(11-2-4-17-13(7-11)10-28-31-17)18-19(32)29-21(35-18)30-22(5-6-22)20(33)34/h1-4,7,9-10,32H,5-6,8H2,(H,29,30)(H,33,34). The molecule has 3 N–H and O–H groups in total. The number of anilines is 1. The maximum absolute atomic E-state index is 13.8. The number of benzene rings is 2. The minimum absolute atomic E-state index is 0.0396. The summed E-state index contributed by atoms with van der Waals surface area (Å²) in [5.41, 5.74) is -1.01. The lowest BCUT2D eigenvalue weighted by molar-refractivity contribution is -0.139. The molecule has 1 saturated carbocycles. The molecule has 35 heavy (non-hydrogen) atoms. The maximum Gasteiger partial charge on any atom is 0.416 e. The van der Waals surface area contributed by atoms with Gasteiger partial charge in [-0.15, -0.1) is 0 Å². The number of hydrogen-bond acceptors (Lipinski definition) is 7. The van der Waals surface area contributed by atoms with Gasteiger partial charge in [0.1, 0.15) is 5.54 Å². The van der Waals surface area contributed by atoms with Crippen LogP contribution in [0.25, 0.3) is 5.57 Å². The van der Waals surface area contributed by atoms with Crippen LogP contribution in [0.2, 0.25) is 5.02 Å². The molecule has 180 valence electrons. The van der Waals surface area contributed by atoms with Crippen molar-refractivity contribution in [1.29, 1.82) is 0 Å². The number of fused-ring (bicyclic) bond motifs is 1. The molecule has 5 rings (SSSR count). The number of thiazole rings is 1. The van der Waals surface area contributed by atoms with Crippen LogP contribution in [0.5, 0.6) is 5.88 Å². The first kappa shape index (κ1) is 23.3. The summed E-state index contributed by atoms with van der Waals surface area (Å²) in [6, 6.07) is 8.63. The Kier molecular flexibility index (Phi) is 5.56. The number of carboxylic acid groups (broad SMARTS) is 1. The van der Waals surface area contributed by atoms with Gasteiger partial charge in [-0.25, -0.2) is 4.79 Å². The highest BCUT2D eigenvalue weighted by Crippen LogP contribution is 2.43. The molecule has 0 unspecified atom stereocenters. The first-order valence-corrected chi connectivity index (χ1v) is 11.6. The number of aliphatic carboxylic acids is 1. The van der Waals surface area contributed by atoms with Crippen molar-refractivity contribution in [3.8, 4) is 5.88 Å². The van der Waals surface area contributed by atoms with Gasteiger partial charge in [-0.05, 0) is 53.5 Å². The van der Waals surface area contributed by atoms with E-state index >= 15 is 0 Å². The molecule has 2 aliphatic rings. The Labute approximate surface area is 204 Å². The number of carbonyl (C=O) groups is 1. The molecule has 12 heteroatoms. The molecule has 2 aromatic carbocycles. The molecule has 1 fully saturated rings. The van der Waals surface area contributed by atoms with Crippen LogP contribution >= 0.6 is 22.9 Å². The number of aromatic nitrogens is 1. The van der Waals surface area contributed by atoms with Crippen molar-refractivity contribution < 1.29 is 28.2 Å². The van der Waals surface area contributed by atoms with Crippen LogP contribution in [0, 0.1) is 0 Å². The Balaban J connectivity index is 1.66. The number of nitrogens with one attached hydrogen (secondary N) is 1. The summed E-state index contributed by atoms with van der Waals surface area (Å²) in [7, 11) is 0. The van der Waals surface area contributed by atoms with Crippen LogP contribution in [0.4, 0.5) is 18.3 Å². The number of hydrogen-bond donors (Lipinski definition) is 3. The number of rotatable bonds is 6. The Hall–Kier alpha value is -3.44. The van der Waals surface area contributed by atoms with Crippen molar-refractivity contribution in [2.75, 3.05) is 5.32 Å². The van der Waals surface area contributed by atoms with Crippen LogP contribution in [0.3, 0.4) is 0 Å². The second-order valence-electron chi connectivity index (χ2n) is 8.26. The van der Waals surface area contributed by atoms with E-state index in [1.54, 1.807) is 18.2 Å². The molecule has 0 spiro atoms. The van der Waals surface area contributed by atoms with Gasteiger partial charge in [-0.2, -0.15) is 28.4 Å². The van der Waals surface area contributed by atoms with Gasteiger partial charge in [0.15, 0.2) is 5.13 Å². The first-order chi connectivity index (χ1) is 16.6. The van der Waals surface area contributed by atoms with Crippen molar-refractivity contribution in [2.24, 2.45) is 10.2 Å². The molecular weight excluding hydrogens is 505 g/mol. The monoisotopic (exact) mass is 520 g/mol. The lowest BCUT2D eigenvalue weighted by Crippen LogP contribution is -2.31. The van der Waals surface area contributed by atoms with E-state index in [9.17, 15) is 28.2 Å². The zero-order valence-electron chi connectivity index (χ0n) is 17.7. The molecule has 3 aromatic rings. The average molecular weight is 521 g/mol. The Morgan fingerprint density at radius 3 is 2.66 bits per heavy atom. The van der Waals surface area contributed by atoms with Gasteiger partial charge >= 0.3 is 12.1 Å². The van der Waals surface area contributed by atoms with Crippen molar-refractivity contribution in [3.63, 3.8) is 0 Å². The van der Waals surface area contributed by atoms with Crippen molar-refractivity contribution in [1.82, 2.24) is 4.98 Å². The van der Waals surface area contributed by atoms with Gasteiger partial charge in [-0.1, -0.05) is 35.1 Å². The van der Waals surface area contributed by atoms with Crippen LogP contribution < -0.4 is 15.9 Å². The van der Waals surface area contributed by atoms with E-state index in [0.29, 0.717) is 34.6 Å². The zero-order valence-corrected chi connectivity index (χ0v) is 19.3. The van der Waals surface area contributed by atoms with E-state index < -0.39 is 29.1 Å². The van der Waals surface area contributed by atoms with Gasteiger partial charge in [0, 0.05) is 17.0 Å². The highest BCUT2D eigenvalue weighted by Gasteiger charge is 2.51. The molecule has 0 bridgehead atoms. The quantitative estimate of drug-likeness (QED) is 0.456. The van der Waals surface area contributed by atoms with E-state index in [1.165, 1.54) is 18.3 Å². The summed E-state index contributed by atoms with van der Waals surface area (Å²) < 4.78 is 41.4. The van der Waals surface area contributed by atoms with Gasteiger partial charge in [0.05, 0.1) is 22.0 Å². The molecule has 7 nitrogen and oxygen atoms in total. The Morgan fingerprint density at radius 2 is 1.97 bits per heavy atom. The van der Waals surface area contributed by atoms with Gasteiger partial charge in [-0.3, -0.25) is 0 Å². The number of carboxylic acids is 1. The fraction of sp³-hybridized carbons (Fsp3) is 0.217. The molecule has 2 heterocycles. The third kappa shape index (κ3) is 4.48. The summed E-state index contributed by atoms with van der Waals surface area (Å²) in [6.07, 6.45) is -2.50. The van der Waals surface area contributed by atoms with Crippen LogP contribution in [-0.4, -0.2) is 32.9 Å². The fourth-order valence-electron chi connectivity index (χ4n) is 3.84. The second-order valence-corrected chi connectivity index (χ2v) is 9.69. The van der Waals surface area contributed by atoms with E-state index in [-0.39, 0.29) is 27.0 Å². The van der Waals surface area contributed by atoms with Crippen molar-refractivity contribution >= 4 is 45.8 Å². The lowest BCUT2D eigenvalue weighted by Gasteiger charge is -2.15. The largest absolute Gasteiger partial charge is 0.492 e. The summed E-state index contributed by atoms with van der Waals surface area (Å²) in [5.74, 6) is -1.44. The summed E-state index contributed by atoms with van der Waals surface area (Å²) in [5, 5.41) is 32.1. The third-order valence-electron chi connectivity index (χ3n) is 5.87. The topological polar surface area (TPSA) is 107 Å². The number of aromatic hydroxyl groups is 1. The summed E-state index contributed by atoms with van der Waals surface area (Å²) >= 11 is 6.82. The molecule has 0 atom stereocenters. The highest BCUT2D eigenvalue weighted by atomic mass is 35.5. The SMILES string of the molecule is O=C(O)C1(Nc2nc(O)c(C(Cc3ccc(Cl)cc3C(F)(F)F)=c3ccc4c(c3)C=NN=4)s2)CC1. The zero-order chi connectivity index (χ0) is 25.0. The average Bonchev–Trinajstić information content (AvgIpc) is 3.27. The van der Waals surface area contributed by atoms with Gasteiger partial charge in [0.2, 0.25) is 5.88 Å². The second kappa shape index (κ2) is 8.35. The van der Waals surface area contributed by atoms with Crippen LogP contribution in [0.1, 0.15) is 34.4 Å². The predicted octanol–water partition coefficient (Wildman–Crippen LogP) is 3.96. The molecule has 0 saturated heterocycles. The summed E-state index contributed by atoms with van der Waals surface area (Å²) in [6.45, 7) is 0. The van der Waals surface area contributed by atoms with E-state index in [2.05, 4.69) is 20.5 Å². The smallest absolute Gasteiger partial charge is 0.416 e. The minimum Gasteiger partial charge on any atom is -0.492 e. The molecule has 1 aromatic heterocycles. The normalized spacial score (nSPS) is 16.5. The van der Waals surface area contributed by atoms with E-state index in [4.69, 9.17) is 11.6 Å². The van der Waals surface area contributed by atoms with Crippen LogP contribution in [0.15, 0.2) is 46.6 Å². The molecule has 1 aliphatic carbocycles. The predicted molar refractivity (Wildman–Crippen MR) is 124 cm³/mol. The van der Waals surface area contributed by atoms with Crippen molar-refractivity contribution in [3.05, 3.63) is 73.6 Å². The highest BCUT2D eigenvalue weighted by molar-refractivity contribution is 7.17. The van der Waals surface area contributed by atoms with E-state index in [1.807, 2.05) is 0 Å². The number of halogens is 4. The van der Waals surface area contributed by atoms with Gasteiger partial charge < -0.3 is 15.5 Å². The lowest BCUT2D eigenvalue weighted by atomic mass is 9.96. The molecule has 0 radical (unpaired) electrons. The Morgan fingerprint density at radius 1 is 1.20 bits per heavy atom. The molecular formula is C23H16ClF3N4O3S. The third-order valence-corrected chi connectivity index (χ3v) is 7.13. The molecule has 0 amide bonds. The van der Waals surface area contributed by atoms with Crippen LogP contribution in [-0.2, 0) is 17.4 Å². The fourth-order valence-corrected chi connectivity index (χ4v) is 5.04. The summed E-state index contributed by atoms with van der Waals surface area (Å²) in [4.78, 5) is 15.8.